The van der Waals surface area contributed by atoms with Crippen LogP contribution in [-0.2, 0) is 0 Å². The first kappa shape index (κ1) is 15.9. The Balaban J connectivity index is 1.53. The summed E-state index contributed by atoms with van der Waals surface area (Å²) in [4.78, 5) is 17.8. The number of ether oxygens (including phenoxy) is 1. The molecule has 26 heavy (non-hydrogen) atoms. The van der Waals surface area contributed by atoms with Crippen molar-refractivity contribution in [3.05, 3.63) is 54.0 Å². The lowest BCUT2D eigenvalue weighted by atomic mass is 9.75. The molecular formula is C21H24N2O3. The third-order valence-electron chi connectivity index (χ3n) is 6.51. The van der Waals surface area contributed by atoms with Crippen LogP contribution >= 0.6 is 0 Å². The lowest BCUT2D eigenvalue weighted by Crippen LogP contribution is -2.60. The van der Waals surface area contributed by atoms with Crippen LogP contribution in [0.1, 0.15) is 34.9 Å². The molecule has 0 N–H and O–H groups in total. The minimum Gasteiger partial charge on any atom is -0.497 e. The fourth-order valence-corrected chi connectivity index (χ4v) is 5.36. The summed E-state index contributed by atoms with van der Waals surface area (Å²) in [6, 6.07) is 12.6. The molecule has 2 aromatic rings. The lowest BCUT2D eigenvalue weighted by molar-refractivity contribution is -0.00429. The topological polar surface area (TPSA) is 45.9 Å². The van der Waals surface area contributed by atoms with Crippen LogP contribution in [0.25, 0.3) is 0 Å². The predicted molar refractivity (Wildman–Crippen MR) is 97.4 cm³/mol. The average molecular weight is 352 g/mol. The summed E-state index contributed by atoms with van der Waals surface area (Å²) in [5.74, 6) is 2.28. The molecule has 0 spiro atoms. The fraction of sp³-hybridized carbons (Fsp3) is 0.476. The molecule has 4 fully saturated rings. The van der Waals surface area contributed by atoms with Gasteiger partial charge in [-0.25, -0.2) is 0 Å². The zero-order valence-corrected chi connectivity index (χ0v) is 15.0. The largest absolute Gasteiger partial charge is 0.497 e. The van der Waals surface area contributed by atoms with Crippen molar-refractivity contribution in [1.29, 1.82) is 0 Å². The molecule has 1 aromatic heterocycles. The normalized spacial score (nSPS) is 32.5. The van der Waals surface area contributed by atoms with Crippen LogP contribution in [0.5, 0.6) is 5.75 Å². The number of furan rings is 1. The quantitative estimate of drug-likeness (QED) is 0.852. The monoisotopic (exact) mass is 352 g/mol. The van der Waals surface area contributed by atoms with Gasteiger partial charge in [0.05, 0.1) is 19.4 Å². The van der Waals surface area contributed by atoms with Crippen molar-refractivity contribution in [3.8, 4) is 5.75 Å². The minimum absolute atomic E-state index is 0.0316. The van der Waals surface area contributed by atoms with Crippen LogP contribution < -0.4 is 4.74 Å². The van der Waals surface area contributed by atoms with E-state index in [1.807, 2.05) is 6.07 Å². The molecule has 4 aliphatic rings. The van der Waals surface area contributed by atoms with Crippen molar-refractivity contribution < 1.29 is 13.9 Å². The van der Waals surface area contributed by atoms with Crippen molar-refractivity contribution in [3.63, 3.8) is 0 Å². The van der Waals surface area contributed by atoms with Gasteiger partial charge in [0.15, 0.2) is 5.76 Å². The smallest absolute Gasteiger partial charge is 0.289 e. The molecule has 0 aliphatic carbocycles. The molecule has 4 saturated heterocycles. The number of carbonyl (C=O) groups excluding carboxylic acids is 1. The van der Waals surface area contributed by atoms with E-state index >= 15 is 0 Å². The molecule has 3 atom stereocenters. The van der Waals surface area contributed by atoms with Crippen LogP contribution in [0.3, 0.4) is 0 Å². The van der Waals surface area contributed by atoms with Gasteiger partial charge in [-0.05, 0) is 61.7 Å². The molecule has 136 valence electrons. The second-order valence-corrected chi connectivity index (χ2v) is 7.67. The van der Waals surface area contributed by atoms with Gasteiger partial charge in [-0.3, -0.25) is 9.69 Å². The first-order valence-corrected chi connectivity index (χ1v) is 9.49. The molecule has 5 nitrogen and oxygen atoms in total. The number of amides is 1. The Morgan fingerprint density at radius 3 is 2.73 bits per heavy atom. The molecule has 4 aliphatic heterocycles. The van der Waals surface area contributed by atoms with Crippen molar-refractivity contribution in [2.24, 2.45) is 5.92 Å². The molecule has 0 saturated carbocycles. The molecular weight excluding hydrogens is 328 g/mol. The highest BCUT2D eigenvalue weighted by Crippen LogP contribution is 2.47. The van der Waals surface area contributed by atoms with Gasteiger partial charge < -0.3 is 14.1 Å². The SMILES string of the molecule is COc1cccc([C@@H]2CN(C(=O)c3ccco3)[C@H]3C4CCN(CC4)[C@@H]23)c1. The number of methoxy groups -OCH3 is 1. The Hall–Kier alpha value is -2.27. The van der Waals surface area contributed by atoms with E-state index in [1.165, 1.54) is 18.4 Å². The van der Waals surface area contributed by atoms with Crippen molar-refractivity contribution >= 4 is 5.91 Å². The van der Waals surface area contributed by atoms with E-state index in [-0.39, 0.29) is 11.9 Å². The number of nitrogens with zero attached hydrogens (tertiary/aromatic N) is 2. The lowest BCUT2D eigenvalue weighted by Gasteiger charge is -2.51. The third kappa shape index (κ3) is 2.37. The van der Waals surface area contributed by atoms with E-state index in [2.05, 4.69) is 28.0 Å². The third-order valence-corrected chi connectivity index (χ3v) is 6.51. The number of likely N-dealkylation sites (tertiary alicyclic amines) is 1. The molecule has 1 amide bonds. The van der Waals surface area contributed by atoms with Gasteiger partial charge in [0.2, 0.25) is 0 Å². The summed E-state index contributed by atoms with van der Waals surface area (Å²) in [5.41, 5.74) is 1.27. The minimum atomic E-state index is 0.0316. The van der Waals surface area contributed by atoms with Crippen molar-refractivity contribution in [1.82, 2.24) is 9.80 Å². The van der Waals surface area contributed by atoms with Crippen LogP contribution in [0.2, 0.25) is 0 Å². The van der Waals surface area contributed by atoms with E-state index in [9.17, 15) is 4.79 Å². The summed E-state index contributed by atoms with van der Waals surface area (Å²) in [5, 5.41) is 0. The van der Waals surface area contributed by atoms with Gasteiger partial charge in [-0.2, -0.15) is 0 Å². The molecule has 6 rings (SSSR count). The standard InChI is InChI=1S/C21H24N2O3/c1-25-16-5-2-4-15(12-16)17-13-23(21(24)18-6-3-11-26-18)19-14-7-9-22(10-8-14)20(17)19/h2-6,11-12,14,17,19-20H,7-10,13H2,1H3/t17-,19-,20-/m0/s1. The first-order valence-electron chi connectivity index (χ1n) is 9.49. The number of benzene rings is 1. The second-order valence-electron chi connectivity index (χ2n) is 7.67. The van der Waals surface area contributed by atoms with E-state index in [1.54, 1.807) is 25.5 Å². The van der Waals surface area contributed by atoms with Gasteiger partial charge >= 0.3 is 0 Å². The number of rotatable bonds is 3. The molecule has 0 radical (unpaired) electrons. The molecule has 1 aromatic carbocycles. The fourth-order valence-electron chi connectivity index (χ4n) is 5.36. The van der Waals surface area contributed by atoms with E-state index in [0.29, 0.717) is 23.6 Å². The first-order chi connectivity index (χ1) is 12.8. The Kier molecular flexibility index (Phi) is 3.78. The summed E-state index contributed by atoms with van der Waals surface area (Å²) in [7, 11) is 1.70. The highest BCUT2D eigenvalue weighted by atomic mass is 16.5. The summed E-state index contributed by atoms with van der Waals surface area (Å²) < 4.78 is 10.9. The van der Waals surface area contributed by atoms with Gasteiger partial charge in [0.25, 0.3) is 5.91 Å². The Morgan fingerprint density at radius 1 is 1.15 bits per heavy atom. The van der Waals surface area contributed by atoms with E-state index in [0.717, 1.165) is 25.4 Å². The number of carbonyl (C=O) groups is 1. The summed E-state index contributed by atoms with van der Waals surface area (Å²) in [6.45, 7) is 3.04. The maximum absolute atomic E-state index is 13.1. The van der Waals surface area contributed by atoms with Crippen LogP contribution in [0, 0.1) is 5.92 Å². The van der Waals surface area contributed by atoms with Crippen molar-refractivity contribution in [2.45, 2.75) is 30.8 Å². The van der Waals surface area contributed by atoms with Crippen LogP contribution in [0.15, 0.2) is 47.1 Å². The highest BCUT2D eigenvalue weighted by Gasteiger charge is 2.55. The Labute approximate surface area is 153 Å². The van der Waals surface area contributed by atoms with Gasteiger partial charge in [-0.1, -0.05) is 12.1 Å². The maximum Gasteiger partial charge on any atom is 0.289 e. The zero-order valence-electron chi connectivity index (χ0n) is 15.0. The molecule has 5 heteroatoms. The zero-order chi connectivity index (χ0) is 17.7. The highest BCUT2D eigenvalue weighted by molar-refractivity contribution is 5.92. The summed E-state index contributed by atoms with van der Waals surface area (Å²) >= 11 is 0. The molecule has 2 bridgehead atoms. The van der Waals surface area contributed by atoms with Crippen LogP contribution in [0.4, 0.5) is 0 Å². The Morgan fingerprint density at radius 2 is 2.00 bits per heavy atom. The predicted octanol–water partition coefficient (Wildman–Crippen LogP) is 2.99. The molecule has 5 heterocycles. The van der Waals surface area contributed by atoms with E-state index in [4.69, 9.17) is 9.15 Å². The second kappa shape index (κ2) is 6.16. The van der Waals surface area contributed by atoms with Gasteiger partial charge in [-0.15, -0.1) is 0 Å². The van der Waals surface area contributed by atoms with Gasteiger partial charge in [0, 0.05) is 18.5 Å². The number of fused-ring (bicyclic) bond motifs is 2. The number of hydrogen-bond donors (Lipinski definition) is 0. The molecule has 0 unspecified atom stereocenters. The number of piperidine rings is 3. The number of hydrogen-bond acceptors (Lipinski definition) is 4. The average Bonchev–Trinajstić information content (AvgIpc) is 3.37. The Bertz CT molecular complexity index is 795. The summed E-state index contributed by atoms with van der Waals surface area (Å²) in [6.07, 6.45) is 3.96. The van der Waals surface area contributed by atoms with E-state index < -0.39 is 0 Å². The maximum atomic E-state index is 13.1. The van der Waals surface area contributed by atoms with Gasteiger partial charge in [0.1, 0.15) is 5.75 Å². The van der Waals surface area contributed by atoms with Crippen molar-refractivity contribution in [2.75, 3.05) is 26.7 Å². The van der Waals surface area contributed by atoms with Crippen LogP contribution in [-0.4, -0.2) is 54.5 Å².